The average molecular weight is 315 g/mol. The van der Waals surface area contributed by atoms with Crippen molar-refractivity contribution in [2.45, 2.75) is 20.0 Å². The second-order valence-corrected chi connectivity index (χ2v) is 5.10. The number of nitrogens with zero attached hydrogens (tertiary/aromatic N) is 3. The quantitative estimate of drug-likeness (QED) is 0.804. The van der Waals surface area contributed by atoms with E-state index in [1.165, 1.54) is 16.3 Å². The zero-order valence-electron chi connectivity index (χ0n) is 12.5. The van der Waals surface area contributed by atoms with Gasteiger partial charge in [0.25, 0.3) is 0 Å². The minimum absolute atomic E-state index is 0.301. The summed E-state index contributed by atoms with van der Waals surface area (Å²) >= 11 is 0. The van der Waals surface area contributed by atoms with Gasteiger partial charge >= 0.3 is 0 Å². The average Bonchev–Trinajstić information content (AvgIpc) is 3.01. The summed E-state index contributed by atoms with van der Waals surface area (Å²) in [5.41, 5.74) is 3.04. The molecule has 6 heteroatoms. The van der Waals surface area contributed by atoms with Crippen LogP contribution in [0.5, 0.6) is 0 Å². The Morgan fingerprint density at radius 3 is 2.39 bits per heavy atom. The van der Waals surface area contributed by atoms with Gasteiger partial charge < -0.3 is 5.11 Å². The molecule has 2 aromatic carbocycles. The molecule has 0 atom stereocenters. The van der Waals surface area contributed by atoms with E-state index in [9.17, 15) is 13.9 Å². The molecular weight excluding hydrogens is 300 g/mol. The van der Waals surface area contributed by atoms with Crippen LogP contribution in [0.25, 0.3) is 16.9 Å². The fourth-order valence-electron chi connectivity index (χ4n) is 2.41. The van der Waals surface area contributed by atoms with Crippen molar-refractivity contribution >= 4 is 0 Å². The first kappa shape index (κ1) is 15.3. The third-order valence-electron chi connectivity index (χ3n) is 3.67. The van der Waals surface area contributed by atoms with Crippen LogP contribution >= 0.6 is 0 Å². The second kappa shape index (κ2) is 6.26. The van der Waals surface area contributed by atoms with E-state index in [-0.39, 0.29) is 6.61 Å². The Morgan fingerprint density at radius 1 is 1.04 bits per heavy atom. The molecule has 0 unspecified atom stereocenters. The summed E-state index contributed by atoms with van der Waals surface area (Å²) < 4.78 is 28.2. The van der Waals surface area contributed by atoms with E-state index in [0.29, 0.717) is 17.0 Å². The molecule has 0 saturated carbocycles. The fraction of sp³-hybridized carbons (Fsp3) is 0.176. The van der Waals surface area contributed by atoms with Crippen molar-refractivity contribution in [2.75, 3.05) is 0 Å². The van der Waals surface area contributed by atoms with Gasteiger partial charge in [0.05, 0.1) is 12.3 Å². The molecule has 0 spiro atoms. The molecule has 0 amide bonds. The monoisotopic (exact) mass is 315 g/mol. The first-order valence-corrected chi connectivity index (χ1v) is 7.24. The van der Waals surface area contributed by atoms with E-state index in [2.05, 4.69) is 17.2 Å². The van der Waals surface area contributed by atoms with Gasteiger partial charge in [0, 0.05) is 5.56 Å². The Kier molecular flexibility index (Phi) is 4.16. The van der Waals surface area contributed by atoms with Gasteiger partial charge in [0.15, 0.2) is 11.6 Å². The fourth-order valence-corrected chi connectivity index (χ4v) is 2.41. The van der Waals surface area contributed by atoms with Crippen molar-refractivity contribution < 1.29 is 13.9 Å². The van der Waals surface area contributed by atoms with Gasteiger partial charge in [-0.2, -0.15) is 0 Å². The summed E-state index contributed by atoms with van der Waals surface area (Å²) in [6.45, 7) is 1.71. The lowest BCUT2D eigenvalue weighted by atomic mass is 10.1. The summed E-state index contributed by atoms with van der Waals surface area (Å²) in [5, 5.41) is 17.4. The third-order valence-corrected chi connectivity index (χ3v) is 3.67. The van der Waals surface area contributed by atoms with Crippen LogP contribution in [0.4, 0.5) is 8.78 Å². The highest BCUT2D eigenvalue weighted by molar-refractivity contribution is 5.64. The topological polar surface area (TPSA) is 50.9 Å². The van der Waals surface area contributed by atoms with Crippen molar-refractivity contribution in [3.63, 3.8) is 0 Å². The zero-order chi connectivity index (χ0) is 16.4. The van der Waals surface area contributed by atoms with Crippen LogP contribution in [-0.2, 0) is 13.0 Å². The maximum atomic E-state index is 13.6. The van der Waals surface area contributed by atoms with Gasteiger partial charge in [-0.3, -0.25) is 0 Å². The highest BCUT2D eigenvalue weighted by Crippen LogP contribution is 2.27. The normalized spacial score (nSPS) is 11.0. The molecule has 0 fully saturated rings. The maximum Gasteiger partial charge on any atom is 0.159 e. The standard InChI is InChI=1S/C17H15F2N3O/c1-2-11-3-6-13(7-4-11)22-17(16(10-23)20-21-22)12-5-8-14(18)15(19)9-12/h3-9,23H,2,10H2,1H3. The minimum atomic E-state index is -0.958. The summed E-state index contributed by atoms with van der Waals surface area (Å²) in [6.07, 6.45) is 0.912. The van der Waals surface area contributed by atoms with Crippen molar-refractivity contribution in [3.05, 3.63) is 65.4 Å². The van der Waals surface area contributed by atoms with Gasteiger partial charge in [0.1, 0.15) is 11.4 Å². The summed E-state index contributed by atoms with van der Waals surface area (Å²) in [4.78, 5) is 0. The molecule has 0 aliphatic heterocycles. The molecule has 1 aromatic heterocycles. The Labute approximate surface area is 132 Å². The number of aryl methyl sites for hydroxylation is 1. The maximum absolute atomic E-state index is 13.6. The van der Waals surface area contributed by atoms with Crippen LogP contribution in [0.15, 0.2) is 42.5 Å². The SMILES string of the molecule is CCc1ccc(-n2nnc(CO)c2-c2ccc(F)c(F)c2)cc1. The van der Waals surface area contributed by atoms with Gasteiger partial charge in [-0.15, -0.1) is 5.10 Å². The van der Waals surface area contributed by atoms with Crippen LogP contribution in [0.2, 0.25) is 0 Å². The Bertz CT molecular complexity index is 828. The number of benzene rings is 2. The molecule has 1 heterocycles. The summed E-state index contributed by atoms with van der Waals surface area (Å²) in [5.74, 6) is -1.88. The van der Waals surface area contributed by atoms with Gasteiger partial charge in [-0.1, -0.05) is 24.3 Å². The second-order valence-electron chi connectivity index (χ2n) is 5.10. The number of aliphatic hydroxyl groups excluding tert-OH is 1. The molecule has 118 valence electrons. The van der Waals surface area contributed by atoms with E-state index in [1.54, 1.807) is 0 Å². The van der Waals surface area contributed by atoms with E-state index in [0.717, 1.165) is 24.2 Å². The molecule has 3 rings (SSSR count). The van der Waals surface area contributed by atoms with E-state index in [4.69, 9.17) is 0 Å². The summed E-state index contributed by atoms with van der Waals surface area (Å²) in [7, 11) is 0. The van der Waals surface area contributed by atoms with E-state index in [1.807, 2.05) is 24.3 Å². The van der Waals surface area contributed by atoms with Crippen LogP contribution in [-0.4, -0.2) is 20.1 Å². The number of aliphatic hydroxyl groups is 1. The number of hydrogen-bond donors (Lipinski definition) is 1. The lowest BCUT2D eigenvalue weighted by molar-refractivity contribution is 0.277. The molecule has 1 N–H and O–H groups in total. The van der Waals surface area contributed by atoms with Crippen molar-refractivity contribution in [1.29, 1.82) is 0 Å². The molecule has 0 radical (unpaired) electrons. The van der Waals surface area contributed by atoms with Gasteiger partial charge in [0.2, 0.25) is 0 Å². The first-order chi connectivity index (χ1) is 11.1. The molecular formula is C17H15F2N3O. The molecule has 0 saturated heterocycles. The number of hydrogen-bond acceptors (Lipinski definition) is 3. The predicted molar refractivity (Wildman–Crippen MR) is 82.0 cm³/mol. The lowest BCUT2D eigenvalue weighted by Gasteiger charge is -2.09. The van der Waals surface area contributed by atoms with E-state index >= 15 is 0 Å². The van der Waals surface area contributed by atoms with Gasteiger partial charge in [-0.25, -0.2) is 13.5 Å². The Balaban J connectivity index is 2.14. The number of halogens is 2. The Morgan fingerprint density at radius 2 is 1.78 bits per heavy atom. The van der Waals surface area contributed by atoms with Crippen LogP contribution in [0.1, 0.15) is 18.2 Å². The minimum Gasteiger partial charge on any atom is -0.390 e. The largest absolute Gasteiger partial charge is 0.390 e. The van der Waals surface area contributed by atoms with Crippen LogP contribution < -0.4 is 0 Å². The molecule has 23 heavy (non-hydrogen) atoms. The molecule has 0 aliphatic carbocycles. The highest BCUT2D eigenvalue weighted by Gasteiger charge is 2.17. The number of aromatic nitrogens is 3. The lowest BCUT2D eigenvalue weighted by Crippen LogP contribution is -2.01. The Hall–Kier alpha value is -2.60. The highest BCUT2D eigenvalue weighted by atomic mass is 19.2. The predicted octanol–water partition coefficient (Wildman–Crippen LogP) is 3.27. The van der Waals surface area contributed by atoms with E-state index < -0.39 is 11.6 Å². The number of rotatable bonds is 4. The summed E-state index contributed by atoms with van der Waals surface area (Å²) in [6, 6.07) is 11.2. The van der Waals surface area contributed by atoms with Gasteiger partial charge in [-0.05, 0) is 42.3 Å². The van der Waals surface area contributed by atoms with Crippen molar-refractivity contribution in [1.82, 2.24) is 15.0 Å². The van der Waals surface area contributed by atoms with Crippen molar-refractivity contribution in [3.8, 4) is 16.9 Å². The molecule has 0 bridgehead atoms. The van der Waals surface area contributed by atoms with Crippen LogP contribution in [0, 0.1) is 11.6 Å². The smallest absolute Gasteiger partial charge is 0.159 e. The third kappa shape index (κ3) is 2.85. The first-order valence-electron chi connectivity index (χ1n) is 7.24. The zero-order valence-corrected chi connectivity index (χ0v) is 12.5. The molecule has 4 nitrogen and oxygen atoms in total. The molecule has 0 aliphatic rings. The van der Waals surface area contributed by atoms with Crippen molar-refractivity contribution in [2.24, 2.45) is 0 Å². The molecule has 3 aromatic rings. The van der Waals surface area contributed by atoms with Crippen LogP contribution in [0.3, 0.4) is 0 Å².